The maximum Gasteiger partial charge on any atom is 0.418 e. The first-order valence-corrected chi connectivity index (χ1v) is 10.8. The Labute approximate surface area is 195 Å². The molecule has 0 aliphatic heterocycles. The van der Waals surface area contributed by atoms with E-state index in [1.54, 1.807) is 37.3 Å². The highest BCUT2D eigenvalue weighted by molar-refractivity contribution is 7.17. The lowest BCUT2D eigenvalue weighted by Crippen LogP contribution is -2.20. The molecule has 1 unspecified atom stereocenters. The third-order valence-corrected chi connectivity index (χ3v) is 6.47. The fraction of sp³-hybridized carbons (Fsp3) is 0.182. The second kappa shape index (κ2) is 8.69. The molecule has 0 bridgehead atoms. The van der Waals surface area contributed by atoms with Crippen molar-refractivity contribution in [3.05, 3.63) is 75.9 Å². The van der Waals surface area contributed by atoms with Crippen LogP contribution in [0.15, 0.2) is 54.9 Å². The summed E-state index contributed by atoms with van der Waals surface area (Å²) in [6.07, 6.45) is -5.35. The lowest BCUT2D eigenvalue weighted by atomic mass is 10.1. The van der Waals surface area contributed by atoms with Crippen molar-refractivity contribution in [2.24, 2.45) is 5.73 Å². The zero-order chi connectivity index (χ0) is 23.9. The maximum absolute atomic E-state index is 13.0. The second-order valence-electron chi connectivity index (χ2n) is 7.23. The summed E-state index contributed by atoms with van der Waals surface area (Å²) in [7, 11) is 0. The van der Waals surface area contributed by atoms with Gasteiger partial charge in [-0.25, -0.2) is 4.98 Å². The molecule has 0 fully saturated rings. The number of alkyl halides is 3. The van der Waals surface area contributed by atoms with Crippen molar-refractivity contribution in [1.29, 1.82) is 0 Å². The van der Waals surface area contributed by atoms with E-state index in [1.165, 1.54) is 16.7 Å². The fourth-order valence-electron chi connectivity index (χ4n) is 3.35. The van der Waals surface area contributed by atoms with E-state index in [-0.39, 0.29) is 16.2 Å². The summed E-state index contributed by atoms with van der Waals surface area (Å²) in [6, 6.07) is 11.2. The summed E-state index contributed by atoms with van der Waals surface area (Å²) < 4.78 is 46.3. The largest absolute Gasteiger partial charge is 0.484 e. The molecule has 6 nitrogen and oxygen atoms in total. The van der Waals surface area contributed by atoms with Gasteiger partial charge in [-0.2, -0.15) is 13.2 Å². The van der Waals surface area contributed by atoms with Gasteiger partial charge in [0.25, 0.3) is 5.91 Å². The number of amides is 1. The van der Waals surface area contributed by atoms with Gasteiger partial charge in [0.1, 0.15) is 22.4 Å². The number of nitrogens with zero attached hydrogens (tertiary/aromatic N) is 2. The number of hydrogen-bond donors (Lipinski definition) is 2. The number of primary amides is 1. The topological polar surface area (TPSA) is 89.8 Å². The van der Waals surface area contributed by atoms with Crippen molar-refractivity contribution in [2.45, 2.75) is 25.3 Å². The number of aliphatic hydroxyl groups excluding tert-OH is 1. The molecule has 1 aromatic carbocycles. The number of thiophene rings is 1. The maximum atomic E-state index is 13.0. The first-order chi connectivity index (χ1) is 15.6. The molecule has 2 atom stereocenters. The Morgan fingerprint density at radius 3 is 2.67 bits per heavy atom. The number of fused-ring (bicyclic) bond motifs is 1. The van der Waals surface area contributed by atoms with Gasteiger partial charge in [0.2, 0.25) is 0 Å². The molecule has 3 heterocycles. The van der Waals surface area contributed by atoms with Crippen LogP contribution in [0.2, 0.25) is 5.02 Å². The predicted molar refractivity (Wildman–Crippen MR) is 119 cm³/mol. The smallest absolute Gasteiger partial charge is 0.418 e. The number of halogens is 4. The van der Waals surface area contributed by atoms with E-state index < -0.39 is 24.3 Å². The molecule has 0 aliphatic rings. The molecule has 11 heteroatoms. The number of hydrogen-bond acceptors (Lipinski definition) is 5. The zero-order valence-corrected chi connectivity index (χ0v) is 18.6. The van der Waals surface area contributed by atoms with Gasteiger partial charge in [0.15, 0.2) is 6.10 Å². The molecular formula is C22H17ClF3N3O3S. The average molecular weight is 496 g/mol. The van der Waals surface area contributed by atoms with Crippen molar-refractivity contribution in [3.8, 4) is 16.3 Å². The second-order valence-corrected chi connectivity index (χ2v) is 8.69. The monoisotopic (exact) mass is 495 g/mol. The van der Waals surface area contributed by atoms with Gasteiger partial charge in [-0.1, -0.05) is 35.9 Å². The molecule has 0 saturated heterocycles. The van der Waals surface area contributed by atoms with Gasteiger partial charge >= 0.3 is 6.18 Å². The Morgan fingerprint density at radius 2 is 2.00 bits per heavy atom. The van der Waals surface area contributed by atoms with Gasteiger partial charge in [0.05, 0.1) is 16.8 Å². The molecule has 3 N–H and O–H groups in total. The summed E-state index contributed by atoms with van der Waals surface area (Å²) in [6.45, 7) is 1.77. The molecule has 0 saturated carbocycles. The predicted octanol–water partition coefficient (Wildman–Crippen LogP) is 5.55. The van der Waals surface area contributed by atoms with Crippen LogP contribution in [0.1, 0.15) is 39.9 Å². The van der Waals surface area contributed by atoms with E-state index in [2.05, 4.69) is 4.98 Å². The van der Waals surface area contributed by atoms with Crippen LogP contribution in [0.3, 0.4) is 0 Å². The molecule has 3 aromatic heterocycles. The van der Waals surface area contributed by atoms with Gasteiger partial charge in [-0.3, -0.25) is 9.20 Å². The molecule has 4 rings (SSSR count). The lowest BCUT2D eigenvalue weighted by Gasteiger charge is -2.16. The van der Waals surface area contributed by atoms with Crippen LogP contribution in [-0.2, 0) is 0 Å². The number of ether oxygens (including phenoxy) is 1. The highest BCUT2D eigenvalue weighted by Crippen LogP contribution is 2.39. The van der Waals surface area contributed by atoms with Gasteiger partial charge in [0, 0.05) is 28.4 Å². The number of carbonyl (C=O) groups is 1. The van der Waals surface area contributed by atoms with Crippen molar-refractivity contribution < 1.29 is 27.8 Å². The van der Waals surface area contributed by atoms with Crippen molar-refractivity contribution >= 4 is 34.5 Å². The van der Waals surface area contributed by atoms with Crippen LogP contribution >= 0.6 is 22.9 Å². The van der Waals surface area contributed by atoms with Gasteiger partial charge in [-0.05, 0) is 19.1 Å². The molecule has 172 valence electrons. The molecule has 0 spiro atoms. The average Bonchev–Trinajstić information content (AvgIpc) is 3.36. The normalized spacial score (nSPS) is 13.8. The van der Waals surface area contributed by atoms with E-state index in [1.807, 2.05) is 0 Å². The number of rotatable bonds is 6. The summed E-state index contributed by atoms with van der Waals surface area (Å²) >= 11 is 7.25. The van der Waals surface area contributed by atoms with Crippen LogP contribution in [-0.4, -0.2) is 26.6 Å². The fourth-order valence-corrected chi connectivity index (χ4v) is 4.59. The van der Waals surface area contributed by atoms with Crippen molar-refractivity contribution in [1.82, 2.24) is 9.38 Å². The Bertz CT molecular complexity index is 1340. The van der Waals surface area contributed by atoms with Gasteiger partial charge in [-0.15, -0.1) is 11.3 Å². The number of nitrogens with two attached hydrogens (primary N) is 1. The molecular weight excluding hydrogens is 479 g/mol. The Kier molecular flexibility index (Phi) is 6.08. The number of pyridine rings is 1. The zero-order valence-electron chi connectivity index (χ0n) is 17.0. The Balaban J connectivity index is 1.74. The lowest BCUT2D eigenvalue weighted by molar-refractivity contribution is -0.206. The molecule has 1 amide bonds. The summed E-state index contributed by atoms with van der Waals surface area (Å²) in [4.78, 5) is 16.9. The Hall–Kier alpha value is -3.08. The van der Waals surface area contributed by atoms with Gasteiger partial charge < -0.3 is 15.6 Å². The third kappa shape index (κ3) is 4.54. The summed E-state index contributed by atoms with van der Waals surface area (Å²) in [5, 5.41) is 10.1. The quantitative estimate of drug-likeness (QED) is 0.367. The molecule has 4 aromatic rings. The number of aromatic nitrogens is 2. The van der Waals surface area contributed by atoms with E-state index in [9.17, 15) is 23.1 Å². The van der Waals surface area contributed by atoms with Crippen LogP contribution in [0.4, 0.5) is 13.2 Å². The Morgan fingerprint density at radius 1 is 1.27 bits per heavy atom. The minimum Gasteiger partial charge on any atom is -0.484 e. The van der Waals surface area contributed by atoms with Crippen LogP contribution in [0, 0.1) is 0 Å². The first-order valence-electron chi connectivity index (χ1n) is 9.63. The van der Waals surface area contributed by atoms with Crippen molar-refractivity contribution in [3.63, 3.8) is 0 Å². The SMILES string of the molecule is C[C@@H](Oc1cc(-c2cnc3ccc(C(O)C(F)(F)F)cn23)sc1C(N)=O)c1ccccc1Cl. The van der Waals surface area contributed by atoms with E-state index in [0.29, 0.717) is 26.8 Å². The number of benzene rings is 1. The minimum atomic E-state index is -4.81. The van der Waals surface area contributed by atoms with Crippen LogP contribution in [0.25, 0.3) is 16.2 Å². The highest BCUT2D eigenvalue weighted by Gasteiger charge is 2.39. The van der Waals surface area contributed by atoms with E-state index >= 15 is 0 Å². The molecule has 0 radical (unpaired) electrons. The summed E-state index contributed by atoms with van der Waals surface area (Å²) in [5.74, 6) is -0.494. The number of imidazole rings is 1. The number of carbonyl (C=O) groups excluding carboxylic acids is 1. The standard InChI is InChI=1S/C22H17ClF3N3O3S/c1-11(13-4-2-3-5-14(13)23)32-16-8-17(33-19(16)21(27)31)15-9-28-18-7-6-12(10-29(15)18)20(30)22(24,25)26/h2-11,20,30H,1H3,(H2,27,31)/t11-,20?/m1/s1. The number of aliphatic hydroxyl groups is 1. The third-order valence-electron chi connectivity index (χ3n) is 4.98. The minimum absolute atomic E-state index is 0.144. The van der Waals surface area contributed by atoms with Crippen LogP contribution in [0.5, 0.6) is 5.75 Å². The van der Waals surface area contributed by atoms with E-state index in [0.717, 1.165) is 23.6 Å². The van der Waals surface area contributed by atoms with Crippen molar-refractivity contribution in [2.75, 3.05) is 0 Å². The van der Waals surface area contributed by atoms with E-state index in [4.69, 9.17) is 22.1 Å². The van der Waals surface area contributed by atoms with Crippen LogP contribution < -0.4 is 10.5 Å². The first kappa shape index (κ1) is 23.1. The molecule has 0 aliphatic carbocycles. The highest BCUT2D eigenvalue weighted by atomic mass is 35.5. The summed E-state index contributed by atoms with van der Waals surface area (Å²) in [5.41, 5.74) is 6.68. The molecule has 33 heavy (non-hydrogen) atoms.